The van der Waals surface area contributed by atoms with Crippen molar-refractivity contribution in [3.8, 4) is 0 Å². The van der Waals surface area contributed by atoms with Gasteiger partial charge in [-0.1, -0.05) is 18.2 Å². The van der Waals surface area contributed by atoms with Crippen LogP contribution in [0.15, 0.2) is 30.5 Å². The number of morpholine rings is 1. The summed E-state index contributed by atoms with van der Waals surface area (Å²) in [6.45, 7) is 7.67. The molecule has 0 radical (unpaired) electrons. The lowest BCUT2D eigenvalue weighted by Gasteiger charge is -2.27. The minimum atomic E-state index is 0.177. The zero-order valence-electron chi connectivity index (χ0n) is 17.6. The number of ether oxygens (including phenoxy) is 1. The van der Waals surface area contributed by atoms with Crippen LogP contribution >= 0.6 is 11.3 Å². The summed E-state index contributed by atoms with van der Waals surface area (Å²) in [7, 11) is 1.98. The summed E-state index contributed by atoms with van der Waals surface area (Å²) in [5.41, 5.74) is 3.65. The second-order valence-electron chi connectivity index (χ2n) is 8.38. The maximum Gasteiger partial charge on any atom is 0.264 e. The van der Waals surface area contributed by atoms with E-state index in [4.69, 9.17) is 4.74 Å². The van der Waals surface area contributed by atoms with E-state index in [9.17, 15) is 4.79 Å². The molecule has 2 saturated heterocycles. The van der Waals surface area contributed by atoms with Crippen molar-refractivity contribution in [2.45, 2.75) is 25.8 Å². The topological polar surface area (TPSA) is 50.6 Å². The van der Waals surface area contributed by atoms with Gasteiger partial charge in [0.15, 0.2) is 0 Å². The summed E-state index contributed by atoms with van der Waals surface area (Å²) in [6, 6.07) is 8.49. The first-order chi connectivity index (χ1) is 14.6. The summed E-state index contributed by atoms with van der Waals surface area (Å²) in [5.74, 6) is 0.564. The molecule has 0 aliphatic carbocycles. The third kappa shape index (κ3) is 3.66. The van der Waals surface area contributed by atoms with Crippen LogP contribution in [0, 0.1) is 6.92 Å². The van der Waals surface area contributed by atoms with Crippen molar-refractivity contribution in [1.82, 2.24) is 19.6 Å². The Morgan fingerprint density at radius 3 is 2.80 bits per heavy atom. The van der Waals surface area contributed by atoms with Crippen molar-refractivity contribution in [2.75, 3.05) is 39.4 Å². The van der Waals surface area contributed by atoms with E-state index in [0.29, 0.717) is 32.2 Å². The van der Waals surface area contributed by atoms with Crippen molar-refractivity contribution < 1.29 is 9.53 Å². The molecule has 1 amide bonds. The van der Waals surface area contributed by atoms with Crippen molar-refractivity contribution >= 4 is 27.3 Å². The Morgan fingerprint density at radius 1 is 1.23 bits per heavy atom. The molecular weight excluding hydrogens is 396 g/mol. The predicted molar refractivity (Wildman–Crippen MR) is 119 cm³/mol. The minimum Gasteiger partial charge on any atom is -0.378 e. The van der Waals surface area contributed by atoms with Crippen LogP contribution in [0.2, 0.25) is 0 Å². The maximum atomic E-state index is 13.4. The summed E-state index contributed by atoms with van der Waals surface area (Å²) >= 11 is 1.66. The van der Waals surface area contributed by atoms with E-state index in [1.807, 2.05) is 16.6 Å². The van der Waals surface area contributed by atoms with E-state index in [0.717, 1.165) is 36.6 Å². The number of nitrogens with zero attached hydrogens (tertiary/aromatic N) is 4. The fraction of sp³-hybridized carbons (Fsp3) is 0.478. The first-order valence-corrected chi connectivity index (χ1v) is 11.5. The van der Waals surface area contributed by atoms with Gasteiger partial charge in [-0.25, -0.2) is 0 Å². The minimum absolute atomic E-state index is 0.177. The normalized spacial score (nSPS) is 20.3. The Morgan fingerprint density at radius 2 is 2.03 bits per heavy atom. The molecule has 2 aromatic heterocycles. The summed E-state index contributed by atoms with van der Waals surface area (Å²) in [5, 5.41) is 5.74. The van der Waals surface area contributed by atoms with Crippen LogP contribution in [0.5, 0.6) is 0 Å². The highest BCUT2D eigenvalue weighted by Crippen LogP contribution is 2.41. The van der Waals surface area contributed by atoms with Crippen molar-refractivity contribution in [2.24, 2.45) is 7.05 Å². The number of likely N-dealkylation sites (tertiary alicyclic amines) is 1. The lowest BCUT2D eigenvalue weighted by atomic mass is 9.94. The molecule has 0 unspecified atom stereocenters. The molecule has 0 saturated carbocycles. The largest absolute Gasteiger partial charge is 0.378 e. The zero-order valence-corrected chi connectivity index (χ0v) is 18.5. The van der Waals surface area contributed by atoms with Crippen LogP contribution in [0.3, 0.4) is 0 Å². The van der Waals surface area contributed by atoms with Crippen LogP contribution in [0.25, 0.3) is 10.1 Å². The molecule has 30 heavy (non-hydrogen) atoms. The highest BCUT2D eigenvalue weighted by molar-refractivity contribution is 7.21. The smallest absolute Gasteiger partial charge is 0.264 e. The lowest BCUT2D eigenvalue weighted by Crippen LogP contribution is -2.40. The Hall–Kier alpha value is -2.22. The maximum absolute atomic E-state index is 13.4. The third-order valence-electron chi connectivity index (χ3n) is 6.32. The van der Waals surface area contributed by atoms with E-state index >= 15 is 0 Å². The number of hydrogen-bond donors (Lipinski definition) is 0. The molecule has 158 valence electrons. The molecule has 5 rings (SSSR count). The first kappa shape index (κ1) is 19.7. The first-order valence-electron chi connectivity index (χ1n) is 10.7. The number of benzene rings is 1. The quantitative estimate of drug-likeness (QED) is 0.644. The summed E-state index contributed by atoms with van der Waals surface area (Å²) in [6.07, 6.45) is 3.21. The molecule has 0 spiro atoms. The molecule has 6 nitrogen and oxygen atoms in total. The van der Waals surface area contributed by atoms with Crippen molar-refractivity contribution in [1.29, 1.82) is 0 Å². The summed E-state index contributed by atoms with van der Waals surface area (Å²) < 4.78 is 8.56. The van der Waals surface area contributed by atoms with Gasteiger partial charge in [-0.05, 0) is 36.9 Å². The molecular formula is C23H28N4O2S. The van der Waals surface area contributed by atoms with Gasteiger partial charge in [0.1, 0.15) is 0 Å². The highest BCUT2D eigenvalue weighted by Gasteiger charge is 2.32. The molecule has 7 heteroatoms. The fourth-order valence-corrected chi connectivity index (χ4v) is 6.05. The van der Waals surface area contributed by atoms with Crippen LogP contribution in [-0.2, 0) is 18.3 Å². The highest BCUT2D eigenvalue weighted by atomic mass is 32.1. The number of hydrogen-bond acceptors (Lipinski definition) is 5. The molecule has 1 aromatic carbocycles. The summed E-state index contributed by atoms with van der Waals surface area (Å²) in [4.78, 5) is 18.8. The Labute approximate surface area is 181 Å². The zero-order chi connectivity index (χ0) is 20.7. The van der Waals surface area contributed by atoms with Crippen LogP contribution in [-0.4, -0.2) is 64.9 Å². The molecule has 2 aliphatic heterocycles. The van der Waals surface area contributed by atoms with Crippen molar-refractivity contribution in [3.63, 3.8) is 0 Å². The number of fused-ring (bicyclic) bond motifs is 1. The number of carbonyl (C=O) groups excluding carboxylic acids is 1. The fourth-order valence-electron chi connectivity index (χ4n) is 4.80. The molecule has 2 fully saturated rings. The van der Waals surface area contributed by atoms with Gasteiger partial charge in [-0.15, -0.1) is 11.3 Å². The Balaban J connectivity index is 1.43. The van der Waals surface area contributed by atoms with Gasteiger partial charge in [-0.3, -0.25) is 14.4 Å². The average Bonchev–Trinajstić information content (AvgIpc) is 3.45. The second kappa shape index (κ2) is 8.13. The van der Waals surface area contributed by atoms with E-state index in [1.165, 1.54) is 21.2 Å². The van der Waals surface area contributed by atoms with E-state index in [1.54, 1.807) is 11.3 Å². The van der Waals surface area contributed by atoms with Gasteiger partial charge >= 0.3 is 0 Å². The van der Waals surface area contributed by atoms with Gasteiger partial charge < -0.3 is 9.64 Å². The van der Waals surface area contributed by atoms with Gasteiger partial charge in [0.25, 0.3) is 5.91 Å². The number of thiophene rings is 1. The van der Waals surface area contributed by atoms with E-state index in [-0.39, 0.29) is 5.91 Å². The van der Waals surface area contributed by atoms with Gasteiger partial charge in [0.05, 0.1) is 23.8 Å². The van der Waals surface area contributed by atoms with Gasteiger partial charge in [0, 0.05) is 55.6 Å². The van der Waals surface area contributed by atoms with Gasteiger partial charge in [0.2, 0.25) is 0 Å². The SMILES string of the molecule is Cc1nn(C)cc1CN1CC[C@H](c2c(C(=O)N3CCOCC3)sc3ccccc23)C1. The number of carbonyl (C=O) groups is 1. The average molecular weight is 425 g/mol. The molecule has 0 N–H and O–H groups in total. The number of amides is 1. The second-order valence-corrected chi connectivity index (χ2v) is 9.43. The molecule has 3 aromatic rings. The number of rotatable bonds is 4. The van der Waals surface area contributed by atoms with Crippen LogP contribution < -0.4 is 0 Å². The molecule has 0 bridgehead atoms. The predicted octanol–water partition coefficient (Wildman–Crippen LogP) is 3.41. The number of aryl methyl sites for hydroxylation is 2. The molecule has 1 atom stereocenters. The van der Waals surface area contributed by atoms with Crippen molar-refractivity contribution in [3.05, 3.63) is 52.2 Å². The standard InChI is InChI=1S/C23H28N4O2S/c1-16-18(13-25(2)24-16)15-26-8-7-17(14-26)21-19-5-3-4-6-20(19)30-22(21)23(28)27-9-11-29-12-10-27/h3-6,13,17H,7-12,14-15H2,1-2H3/t17-/m0/s1. The lowest BCUT2D eigenvalue weighted by molar-refractivity contribution is 0.0305. The molecule has 2 aliphatic rings. The monoisotopic (exact) mass is 424 g/mol. The third-order valence-corrected chi connectivity index (χ3v) is 7.49. The van der Waals surface area contributed by atoms with Gasteiger partial charge in [-0.2, -0.15) is 5.10 Å². The van der Waals surface area contributed by atoms with E-state index in [2.05, 4.69) is 47.4 Å². The molecule has 4 heterocycles. The Kier molecular flexibility index (Phi) is 5.35. The van der Waals surface area contributed by atoms with E-state index < -0.39 is 0 Å². The van der Waals surface area contributed by atoms with Crippen LogP contribution in [0.1, 0.15) is 38.8 Å². The Bertz CT molecular complexity index is 1070. The van der Waals surface area contributed by atoms with Crippen LogP contribution in [0.4, 0.5) is 0 Å². The number of aromatic nitrogens is 2.